The van der Waals surface area contributed by atoms with E-state index in [0.717, 1.165) is 22.3 Å². The van der Waals surface area contributed by atoms with Crippen LogP contribution >= 0.6 is 11.3 Å². The summed E-state index contributed by atoms with van der Waals surface area (Å²) in [6.07, 6.45) is 0. The number of hydrogen-bond acceptors (Lipinski definition) is 4. The van der Waals surface area contributed by atoms with Gasteiger partial charge in [-0.25, -0.2) is 0 Å². The standard InChI is InChI=1S/C27H25N3O2S/c31-24(18-28-16-20-10-4-1-5-11-20)30-27-25(23(19-33-27)22-14-8-3-9-15-22)26(32)29-17-21-12-6-2-7-13-21/h1-15,19,28H,16-18H2,(H,29,32)(H,30,31). The van der Waals surface area contributed by atoms with Crippen molar-refractivity contribution in [2.24, 2.45) is 0 Å². The summed E-state index contributed by atoms with van der Waals surface area (Å²) in [5, 5.41) is 11.5. The molecule has 3 N–H and O–H groups in total. The quantitative estimate of drug-likeness (QED) is 0.330. The van der Waals surface area contributed by atoms with Gasteiger partial charge in [0, 0.05) is 24.0 Å². The molecule has 2 amide bonds. The molecule has 0 spiro atoms. The molecule has 6 heteroatoms. The third-order valence-corrected chi connectivity index (χ3v) is 6.00. The van der Waals surface area contributed by atoms with E-state index in [1.165, 1.54) is 11.3 Å². The van der Waals surface area contributed by atoms with Gasteiger partial charge in [0.15, 0.2) is 0 Å². The number of rotatable bonds is 9. The number of carbonyl (C=O) groups is 2. The fourth-order valence-corrected chi connectivity index (χ4v) is 4.44. The van der Waals surface area contributed by atoms with Crippen LogP contribution in [-0.2, 0) is 17.9 Å². The first kappa shape index (κ1) is 22.5. The summed E-state index contributed by atoms with van der Waals surface area (Å²) >= 11 is 1.36. The Kier molecular flexibility index (Phi) is 7.64. The molecule has 3 aromatic carbocycles. The number of amides is 2. The Bertz CT molecular complexity index is 1190. The van der Waals surface area contributed by atoms with Crippen LogP contribution in [0.3, 0.4) is 0 Å². The lowest BCUT2D eigenvalue weighted by Gasteiger charge is -2.11. The van der Waals surface area contributed by atoms with Crippen LogP contribution in [0.2, 0.25) is 0 Å². The SMILES string of the molecule is O=C(CNCc1ccccc1)Nc1scc(-c2ccccc2)c1C(=O)NCc1ccccc1. The Hall–Kier alpha value is -3.74. The van der Waals surface area contributed by atoms with Crippen LogP contribution in [0.25, 0.3) is 11.1 Å². The third kappa shape index (κ3) is 6.16. The maximum atomic E-state index is 13.2. The average Bonchev–Trinajstić information content (AvgIpc) is 3.28. The van der Waals surface area contributed by atoms with Crippen molar-refractivity contribution in [1.29, 1.82) is 0 Å². The summed E-state index contributed by atoms with van der Waals surface area (Å²) < 4.78 is 0. The molecule has 0 fully saturated rings. The number of benzene rings is 3. The number of nitrogens with one attached hydrogen (secondary N) is 3. The number of anilines is 1. The van der Waals surface area contributed by atoms with Crippen LogP contribution in [0, 0.1) is 0 Å². The Morgan fingerprint density at radius 2 is 1.30 bits per heavy atom. The molecule has 0 bridgehead atoms. The van der Waals surface area contributed by atoms with E-state index in [1.54, 1.807) is 0 Å². The van der Waals surface area contributed by atoms with Crippen LogP contribution < -0.4 is 16.0 Å². The zero-order valence-electron chi connectivity index (χ0n) is 18.1. The van der Waals surface area contributed by atoms with Crippen molar-refractivity contribution >= 4 is 28.2 Å². The maximum absolute atomic E-state index is 13.2. The second-order valence-electron chi connectivity index (χ2n) is 7.53. The maximum Gasteiger partial charge on any atom is 0.255 e. The highest BCUT2D eigenvalue weighted by Gasteiger charge is 2.21. The van der Waals surface area contributed by atoms with Crippen LogP contribution in [0.4, 0.5) is 5.00 Å². The fourth-order valence-electron chi connectivity index (χ4n) is 3.46. The average molecular weight is 456 g/mol. The van der Waals surface area contributed by atoms with Crippen molar-refractivity contribution in [2.75, 3.05) is 11.9 Å². The predicted molar refractivity (Wildman–Crippen MR) is 134 cm³/mol. The molecule has 1 aromatic heterocycles. The highest BCUT2D eigenvalue weighted by Crippen LogP contribution is 2.35. The molecule has 0 saturated heterocycles. The first-order valence-electron chi connectivity index (χ1n) is 10.7. The highest BCUT2D eigenvalue weighted by atomic mass is 32.1. The largest absolute Gasteiger partial charge is 0.348 e. The van der Waals surface area contributed by atoms with Crippen molar-refractivity contribution < 1.29 is 9.59 Å². The summed E-state index contributed by atoms with van der Waals surface area (Å²) in [4.78, 5) is 25.8. The van der Waals surface area contributed by atoms with Crippen molar-refractivity contribution in [3.63, 3.8) is 0 Å². The van der Waals surface area contributed by atoms with Crippen LogP contribution in [0.15, 0.2) is 96.4 Å². The Labute approximate surface area is 197 Å². The lowest BCUT2D eigenvalue weighted by Crippen LogP contribution is -2.29. The van der Waals surface area contributed by atoms with Gasteiger partial charge >= 0.3 is 0 Å². The molecular weight excluding hydrogens is 430 g/mol. The van der Waals surface area contributed by atoms with E-state index in [-0.39, 0.29) is 18.4 Å². The molecule has 0 unspecified atom stereocenters. The molecule has 0 aliphatic rings. The molecule has 166 valence electrons. The number of carbonyl (C=O) groups excluding carboxylic acids is 2. The second kappa shape index (κ2) is 11.2. The smallest absolute Gasteiger partial charge is 0.255 e. The van der Waals surface area contributed by atoms with E-state index in [1.807, 2.05) is 96.4 Å². The lowest BCUT2D eigenvalue weighted by molar-refractivity contribution is -0.115. The van der Waals surface area contributed by atoms with Crippen LogP contribution in [0.1, 0.15) is 21.5 Å². The molecule has 5 nitrogen and oxygen atoms in total. The summed E-state index contributed by atoms with van der Waals surface area (Å²) in [5.74, 6) is -0.406. The van der Waals surface area contributed by atoms with E-state index in [4.69, 9.17) is 0 Å². The van der Waals surface area contributed by atoms with Crippen LogP contribution in [-0.4, -0.2) is 18.4 Å². The molecular formula is C27H25N3O2S. The minimum Gasteiger partial charge on any atom is -0.348 e. The van der Waals surface area contributed by atoms with Gasteiger partial charge in [0.2, 0.25) is 5.91 Å². The zero-order valence-corrected chi connectivity index (χ0v) is 18.9. The lowest BCUT2D eigenvalue weighted by atomic mass is 10.0. The van der Waals surface area contributed by atoms with E-state index < -0.39 is 0 Å². The monoisotopic (exact) mass is 455 g/mol. The third-order valence-electron chi connectivity index (χ3n) is 5.11. The molecule has 4 aromatic rings. The summed E-state index contributed by atoms with van der Waals surface area (Å²) in [6.45, 7) is 1.16. The molecule has 0 aliphatic carbocycles. The number of hydrogen-bond donors (Lipinski definition) is 3. The van der Waals surface area contributed by atoms with Crippen molar-refractivity contribution in [3.05, 3.63) is 113 Å². The Balaban J connectivity index is 1.47. The summed E-state index contributed by atoms with van der Waals surface area (Å²) in [5.41, 5.74) is 4.34. The normalized spacial score (nSPS) is 10.5. The van der Waals surface area contributed by atoms with E-state index in [9.17, 15) is 9.59 Å². The summed E-state index contributed by atoms with van der Waals surface area (Å²) in [7, 11) is 0. The summed E-state index contributed by atoms with van der Waals surface area (Å²) in [6, 6.07) is 29.4. The Morgan fingerprint density at radius 1 is 0.727 bits per heavy atom. The van der Waals surface area contributed by atoms with Crippen molar-refractivity contribution in [1.82, 2.24) is 10.6 Å². The van der Waals surface area contributed by atoms with E-state index in [0.29, 0.717) is 23.7 Å². The minimum atomic E-state index is -0.216. The first-order chi connectivity index (χ1) is 16.2. The molecule has 0 aliphatic heterocycles. The number of thiophene rings is 1. The van der Waals surface area contributed by atoms with Gasteiger partial charge in [-0.15, -0.1) is 11.3 Å². The molecule has 1 heterocycles. The second-order valence-corrected chi connectivity index (χ2v) is 8.40. The van der Waals surface area contributed by atoms with Gasteiger partial charge in [-0.05, 0) is 16.7 Å². The zero-order chi connectivity index (χ0) is 22.9. The fraction of sp³-hybridized carbons (Fsp3) is 0.111. The highest BCUT2D eigenvalue weighted by molar-refractivity contribution is 7.15. The predicted octanol–water partition coefficient (Wildman–Crippen LogP) is 5.07. The van der Waals surface area contributed by atoms with Crippen molar-refractivity contribution in [2.45, 2.75) is 13.1 Å². The van der Waals surface area contributed by atoms with Gasteiger partial charge in [-0.1, -0.05) is 91.0 Å². The van der Waals surface area contributed by atoms with Crippen molar-refractivity contribution in [3.8, 4) is 11.1 Å². The molecule has 0 saturated carbocycles. The first-order valence-corrected chi connectivity index (χ1v) is 11.6. The van der Waals surface area contributed by atoms with Gasteiger partial charge in [0.25, 0.3) is 5.91 Å². The van der Waals surface area contributed by atoms with Gasteiger partial charge in [-0.3, -0.25) is 9.59 Å². The van der Waals surface area contributed by atoms with Gasteiger partial charge in [0.05, 0.1) is 12.1 Å². The van der Waals surface area contributed by atoms with Gasteiger partial charge in [0.1, 0.15) is 5.00 Å². The van der Waals surface area contributed by atoms with E-state index >= 15 is 0 Å². The Morgan fingerprint density at radius 3 is 1.94 bits per heavy atom. The molecule has 0 atom stereocenters. The molecule has 0 radical (unpaired) electrons. The topological polar surface area (TPSA) is 70.2 Å². The van der Waals surface area contributed by atoms with Gasteiger partial charge < -0.3 is 16.0 Å². The molecule has 33 heavy (non-hydrogen) atoms. The minimum absolute atomic E-state index is 0.151. The van der Waals surface area contributed by atoms with Gasteiger partial charge in [-0.2, -0.15) is 0 Å². The van der Waals surface area contributed by atoms with E-state index in [2.05, 4.69) is 16.0 Å². The van der Waals surface area contributed by atoms with Crippen LogP contribution in [0.5, 0.6) is 0 Å². The molecule has 4 rings (SSSR count).